The van der Waals surface area contributed by atoms with Crippen molar-refractivity contribution in [3.8, 4) is 0 Å². The lowest BCUT2D eigenvalue weighted by atomic mass is 10.1. The number of halogens is 2. The van der Waals surface area contributed by atoms with E-state index >= 15 is 0 Å². The SMILES string of the molecule is C.C.C.C.CC(=O)C1=CC(/C=C/C(=O)OCc2ccccc2)=CC1.CC(=O)C1=CC(C=O)=CC1.CC(=O)C1=CC(CCC(=O)C=[N+]=[N-])=CC1.CC(=O)C1=CC(CCC(=O)O)=CC1.CC(=O)C1=CC=CC1.COC(Cl)Cl. The molecule has 0 fully saturated rings. The molecule has 0 aliphatic heterocycles. The lowest BCUT2D eigenvalue weighted by Gasteiger charge is -2.01. The fraction of sp³-hybridized carbons (Fsp3) is 0.356. The van der Waals surface area contributed by atoms with E-state index < -0.39 is 11.0 Å². The van der Waals surface area contributed by atoms with Gasteiger partial charge in [0, 0.05) is 31.6 Å². The number of alkyl halides is 2. The Balaban J connectivity index is -0.000000416. The van der Waals surface area contributed by atoms with Gasteiger partial charge in [0.2, 0.25) is 10.8 Å². The number of carbonyl (C=O) groups is 9. The van der Waals surface area contributed by atoms with Crippen LogP contribution in [0.15, 0.2) is 159 Å². The summed E-state index contributed by atoms with van der Waals surface area (Å²) < 4.78 is 9.40. The van der Waals surface area contributed by atoms with Gasteiger partial charge in [0.1, 0.15) is 12.9 Å². The normalized spacial score (nSPS) is 13.7. The molecule has 0 spiro atoms. The Morgan fingerprint density at radius 1 is 0.653 bits per heavy atom. The van der Waals surface area contributed by atoms with Gasteiger partial charge in [-0.3, -0.25) is 38.4 Å². The maximum Gasteiger partial charge on any atom is 0.331 e. The molecule has 1 N–H and O–H groups in total. The number of aldehydes is 1. The van der Waals surface area contributed by atoms with E-state index in [1.165, 1.54) is 34.0 Å². The number of esters is 1. The summed E-state index contributed by atoms with van der Waals surface area (Å²) in [5, 5.41) is 7.76. The number of carboxylic acids is 1. The zero-order valence-electron chi connectivity index (χ0n) is 40.8. The third kappa shape index (κ3) is 34.1. The van der Waals surface area contributed by atoms with Crippen molar-refractivity contribution < 1.29 is 62.5 Å². The van der Waals surface area contributed by atoms with Crippen LogP contribution < -0.4 is 0 Å². The second-order valence-electron chi connectivity index (χ2n) is 15.7. The van der Waals surface area contributed by atoms with Gasteiger partial charge in [0.15, 0.2) is 28.9 Å². The van der Waals surface area contributed by atoms with E-state index in [4.69, 9.17) is 38.6 Å². The number of allylic oxidation sites excluding steroid dienone is 21. The predicted molar refractivity (Wildman–Crippen MR) is 300 cm³/mol. The Bertz CT molecular complexity index is 2540. The van der Waals surface area contributed by atoms with Crippen LogP contribution in [0.4, 0.5) is 0 Å². The smallest absolute Gasteiger partial charge is 0.331 e. The van der Waals surface area contributed by atoms with E-state index in [1.807, 2.05) is 72.9 Å². The summed E-state index contributed by atoms with van der Waals surface area (Å²) in [6, 6.07) is 9.51. The highest BCUT2D eigenvalue weighted by Crippen LogP contribution is 2.23. The molecule has 408 valence electrons. The molecule has 5 aliphatic rings. The highest BCUT2D eigenvalue weighted by Gasteiger charge is 2.14. The van der Waals surface area contributed by atoms with Crippen molar-refractivity contribution in [1.29, 1.82) is 0 Å². The van der Waals surface area contributed by atoms with E-state index in [0.717, 1.165) is 69.1 Å². The first kappa shape index (κ1) is 74.4. The molecule has 0 saturated heterocycles. The summed E-state index contributed by atoms with van der Waals surface area (Å²) in [6.07, 6.45) is 30.0. The summed E-state index contributed by atoms with van der Waals surface area (Å²) in [4.78, 5) is 99.9. The third-order valence-corrected chi connectivity index (χ3v) is 10.5. The number of hydrogen-bond donors (Lipinski definition) is 1. The molecule has 0 aromatic heterocycles. The average molecular weight is 1080 g/mol. The van der Waals surface area contributed by atoms with E-state index in [-0.39, 0.29) is 83.4 Å². The molecule has 6 rings (SSSR count). The number of methoxy groups -OCH3 is 1. The Labute approximate surface area is 454 Å². The van der Waals surface area contributed by atoms with Crippen LogP contribution in [0.1, 0.15) is 128 Å². The van der Waals surface area contributed by atoms with Crippen LogP contribution in [-0.2, 0) is 59.2 Å². The number of aliphatic carboxylic acids is 1. The Morgan fingerprint density at radius 3 is 1.45 bits per heavy atom. The molecule has 0 radical (unpaired) electrons. The van der Waals surface area contributed by atoms with Crippen LogP contribution in [0.25, 0.3) is 5.53 Å². The first-order chi connectivity index (χ1) is 33.7. The van der Waals surface area contributed by atoms with Gasteiger partial charge < -0.3 is 20.1 Å². The highest BCUT2D eigenvalue weighted by atomic mass is 35.5. The summed E-state index contributed by atoms with van der Waals surface area (Å²) in [7, 11) is 1.44. The van der Waals surface area contributed by atoms with Gasteiger partial charge in [0.05, 0.1) is 0 Å². The van der Waals surface area contributed by atoms with E-state index in [2.05, 4.69) is 9.53 Å². The number of ketones is 6. The molecule has 1 aromatic carbocycles. The summed E-state index contributed by atoms with van der Waals surface area (Å²) in [5.41, 5.74) is 16.5. The largest absolute Gasteiger partial charge is 0.481 e. The molecule has 0 heterocycles. The number of Topliss-reactive ketones (excluding diaryl/α,β-unsaturated/α-hetero) is 6. The molecular weight excluding hydrogens is 1000 g/mol. The molecule has 75 heavy (non-hydrogen) atoms. The van der Waals surface area contributed by atoms with Crippen molar-refractivity contribution >= 4 is 82.3 Å². The quantitative estimate of drug-likeness (QED) is 0.0275. The summed E-state index contributed by atoms with van der Waals surface area (Å²) in [6.45, 7) is 7.97. The predicted octanol–water partition coefficient (Wildman–Crippen LogP) is 12.7. The fourth-order valence-electron chi connectivity index (χ4n) is 6.08. The van der Waals surface area contributed by atoms with Gasteiger partial charge in [-0.15, -0.1) is 0 Å². The molecule has 14 nitrogen and oxygen atoms in total. The van der Waals surface area contributed by atoms with Gasteiger partial charge in [-0.05, 0) is 137 Å². The minimum atomic E-state index is -0.800. The number of hydrogen-bond acceptors (Lipinski definition) is 11. The fourth-order valence-corrected chi connectivity index (χ4v) is 6.08. The highest BCUT2D eigenvalue weighted by molar-refractivity contribution is 6.43. The molecule has 0 unspecified atom stereocenters. The first-order valence-electron chi connectivity index (χ1n) is 22.3. The first-order valence-corrected chi connectivity index (χ1v) is 23.1. The van der Waals surface area contributed by atoms with Crippen molar-refractivity contribution in [3.63, 3.8) is 0 Å². The molecule has 0 bridgehead atoms. The topological polar surface area (TPSA) is 229 Å². The Kier molecular flexibility index (Phi) is 42.0. The molecule has 0 saturated carbocycles. The minimum Gasteiger partial charge on any atom is -0.481 e. The third-order valence-electron chi connectivity index (χ3n) is 10.2. The monoisotopic (exact) mass is 1070 g/mol. The summed E-state index contributed by atoms with van der Waals surface area (Å²) in [5.74, 6) is -0.960. The molecular formula is C59H76Cl2N2O12. The lowest BCUT2D eigenvalue weighted by molar-refractivity contribution is -0.139. The number of nitrogens with zero attached hydrogens (tertiary/aromatic N) is 2. The second-order valence-corrected chi connectivity index (χ2v) is 16.7. The van der Waals surface area contributed by atoms with Crippen molar-refractivity contribution in [2.45, 2.75) is 134 Å². The zero-order valence-corrected chi connectivity index (χ0v) is 42.3. The Hall–Kier alpha value is -7.09. The van der Waals surface area contributed by atoms with Crippen molar-refractivity contribution in [3.05, 3.63) is 171 Å². The van der Waals surface area contributed by atoms with Crippen molar-refractivity contribution in [1.82, 2.24) is 0 Å². The lowest BCUT2D eigenvalue weighted by Crippen LogP contribution is -2.00. The number of benzene rings is 1. The molecule has 5 aliphatic carbocycles. The van der Waals surface area contributed by atoms with Gasteiger partial charge in [-0.1, -0.05) is 149 Å². The Morgan fingerprint density at radius 2 is 1.09 bits per heavy atom. The van der Waals surface area contributed by atoms with Crippen LogP contribution in [-0.4, -0.2) is 81.2 Å². The van der Waals surface area contributed by atoms with Crippen LogP contribution >= 0.6 is 23.2 Å². The van der Waals surface area contributed by atoms with E-state index in [0.29, 0.717) is 50.5 Å². The minimum absolute atomic E-state index is 0. The standard InChI is InChI=1S/C17H16O3.C11H12N2O2.C10H12O3.C8H8O2.C7H8O.C2H4Cl2O.4CH4/c1-13(18)16-9-7-14(11-16)8-10-17(19)20-12-15-5-3-2-4-6-15;1-8(14)10-4-2-9(6-10)3-5-11(15)7-13-12;1-7(11)9-4-2-8(6-9)3-5-10(12)13;1-6(10)8-3-2-7(4-8)5-9;1-6(8)7-4-2-3-5-7;1-5-2(3)4;;;;/h2-8,10-11H,9,12H2,1H3;2,6-7H,3-5H2,1H3;2,6H,3-5H2,1H3,(H,12,13);2,4-5H,3H2,1H3;2-4H,5H2,1H3;2H,1H3;4*1H4/b10-8+;;;;;;;;;. The number of carbonyl (C=O) groups excluding carboxylic acids is 8. The van der Waals surface area contributed by atoms with Crippen LogP contribution in [0.2, 0.25) is 0 Å². The number of ether oxygens (including phenoxy) is 2. The second kappa shape index (κ2) is 42.3. The average Bonchev–Trinajstić information content (AvgIpc) is 4.21. The van der Waals surface area contributed by atoms with Crippen LogP contribution in [0.3, 0.4) is 0 Å². The van der Waals surface area contributed by atoms with Gasteiger partial charge in [0.25, 0.3) is 0 Å². The maximum atomic E-state index is 11.6. The van der Waals surface area contributed by atoms with Crippen molar-refractivity contribution in [2.75, 3.05) is 7.11 Å². The number of rotatable bonds is 18. The van der Waals surface area contributed by atoms with Crippen molar-refractivity contribution in [2.24, 2.45) is 0 Å². The van der Waals surface area contributed by atoms with Crippen LogP contribution in [0, 0.1) is 0 Å². The zero-order chi connectivity index (χ0) is 53.3. The van der Waals surface area contributed by atoms with E-state index in [1.54, 1.807) is 44.2 Å². The van der Waals surface area contributed by atoms with Gasteiger partial charge in [-0.2, -0.15) is 4.79 Å². The molecule has 0 atom stereocenters. The molecule has 0 amide bonds. The maximum absolute atomic E-state index is 11.6. The molecule has 1 aromatic rings. The summed E-state index contributed by atoms with van der Waals surface area (Å²) >= 11 is 10.0. The van der Waals surface area contributed by atoms with Gasteiger partial charge >= 0.3 is 18.2 Å². The number of carboxylic acid groups (broad SMARTS) is 1. The molecule has 16 heteroatoms. The van der Waals surface area contributed by atoms with E-state index in [9.17, 15) is 43.2 Å². The van der Waals surface area contributed by atoms with Crippen LogP contribution in [0.5, 0.6) is 0 Å². The van der Waals surface area contributed by atoms with Gasteiger partial charge in [-0.25, -0.2) is 4.79 Å².